The zero-order valence-corrected chi connectivity index (χ0v) is 31.1. The molecular formula is C40H74MnO4. The maximum atomic E-state index is 10.2. The third-order valence-corrected chi connectivity index (χ3v) is 8.29. The predicted octanol–water partition coefficient (Wildman–Crippen LogP) is 11.1. The van der Waals surface area contributed by atoms with Crippen molar-refractivity contribution in [1.29, 1.82) is 0 Å². The Morgan fingerprint density at radius 3 is 0.778 bits per heavy atom. The molecule has 0 spiro atoms. The van der Waals surface area contributed by atoms with Crippen LogP contribution in [0.25, 0.3) is 0 Å². The summed E-state index contributed by atoms with van der Waals surface area (Å²) >= 11 is 0. The first kappa shape index (κ1) is 48.3. The van der Waals surface area contributed by atoms with E-state index in [1.807, 2.05) is 0 Å². The van der Waals surface area contributed by atoms with E-state index in [0.717, 1.165) is 38.5 Å². The van der Waals surface area contributed by atoms with Crippen molar-refractivity contribution in [3.05, 3.63) is 24.3 Å². The molecular weight excluding hydrogens is 599 g/mol. The van der Waals surface area contributed by atoms with Crippen LogP contribution in [0.2, 0.25) is 0 Å². The van der Waals surface area contributed by atoms with Gasteiger partial charge in [0.05, 0.1) is 0 Å². The average molecular weight is 674 g/mol. The van der Waals surface area contributed by atoms with Gasteiger partial charge in [-0.15, -0.1) is 0 Å². The molecule has 0 saturated carbocycles. The summed E-state index contributed by atoms with van der Waals surface area (Å²) in [7, 11) is 0. The van der Waals surface area contributed by atoms with Crippen molar-refractivity contribution in [1.82, 2.24) is 0 Å². The Balaban J connectivity index is -0.000000767. The Kier molecular flexibility index (Phi) is 48.4. The summed E-state index contributed by atoms with van der Waals surface area (Å²) < 4.78 is 0. The number of hydrogen-bond donors (Lipinski definition) is 0. The van der Waals surface area contributed by atoms with Gasteiger partial charge in [-0.25, -0.2) is 0 Å². The Hall–Kier alpha value is -1.06. The van der Waals surface area contributed by atoms with Crippen molar-refractivity contribution in [3.63, 3.8) is 0 Å². The van der Waals surface area contributed by atoms with Crippen molar-refractivity contribution in [2.75, 3.05) is 0 Å². The molecule has 0 atom stereocenters. The minimum absolute atomic E-state index is 0. The van der Waals surface area contributed by atoms with Gasteiger partial charge < -0.3 is 19.8 Å². The number of carbonyl (C=O) groups excluding carboxylic acids is 2. The molecule has 265 valence electrons. The van der Waals surface area contributed by atoms with E-state index < -0.39 is 11.9 Å². The smallest absolute Gasteiger partial charge is 0.550 e. The van der Waals surface area contributed by atoms with E-state index in [4.69, 9.17) is 0 Å². The third-order valence-electron chi connectivity index (χ3n) is 8.29. The number of hydrogen-bond acceptors (Lipinski definition) is 4. The van der Waals surface area contributed by atoms with Crippen molar-refractivity contribution >= 4 is 11.9 Å². The molecule has 0 aliphatic carbocycles. The van der Waals surface area contributed by atoms with Gasteiger partial charge in [-0.3, -0.25) is 0 Å². The molecule has 1 radical (unpaired) electrons. The van der Waals surface area contributed by atoms with Gasteiger partial charge in [-0.05, 0) is 77.0 Å². The van der Waals surface area contributed by atoms with Crippen LogP contribution in [0.1, 0.15) is 219 Å². The van der Waals surface area contributed by atoms with E-state index in [-0.39, 0.29) is 29.9 Å². The molecule has 5 heteroatoms. The number of carboxylic acids is 2. The van der Waals surface area contributed by atoms with Crippen molar-refractivity contribution in [2.24, 2.45) is 0 Å². The van der Waals surface area contributed by atoms with Crippen LogP contribution in [-0.4, -0.2) is 11.9 Å². The second-order valence-corrected chi connectivity index (χ2v) is 12.8. The van der Waals surface area contributed by atoms with Crippen LogP contribution in [-0.2, 0) is 26.7 Å². The largest absolute Gasteiger partial charge is 2.00 e. The van der Waals surface area contributed by atoms with Gasteiger partial charge >= 0.3 is 17.1 Å². The minimum Gasteiger partial charge on any atom is -0.550 e. The molecule has 0 saturated heterocycles. The number of carboxylic acid groups (broad SMARTS) is 2. The fourth-order valence-electron chi connectivity index (χ4n) is 5.39. The second-order valence-electron chi connectivity index (χ2n) is 12.8. The summed E-state index contributed by atoms with van der Waals surface area (Å²) in [6.07, 6.45) is 47.7. The Bertz CT molecular complexity index is 578. The molecule has 0 amide bonds. The topological polar surface area (TPSA) is 80.3 Å². The first-order chi connectivity index (χ1) is 21.5. The number of aliphatic carboxylic acids is 2. The first-order valence-electron chi connectivity index (χ1n) is 19.2. The molecule has 0 aromatic heterocycles. The van der Waals surface area contributed by atoms with Crippen molar-refractivity contribution in [2.45, 2.75) is 219 Å². The normalized spacial score (nSPS) is 11.1. The Morgan fingerprint density at radius 2 is 0.556 bits per heavy atom. The summed E-state index contributed by atoms with van der Waals surface area (Å²) in [6.45, 7) is 4.53. The van der Waals surface area contributed by atoms with Gasteiger partial charge in [-0.1, -0.05) is 167 Å². The quantitative estimate of drug-likeness (QED) is 0.0387. The van der Waals surface area contributed by atoms with Crippen LogP contribution in [0.4, 0.5) is 0 Å². The van der Waals surface area contributed by atoms with Gasteiger partial charge in [0.2, 0.25) is 0 Å². The van der Waals surface area contributed by atoms with Gasteiger partial charge in [0.15, 0.2) is 0 Å². The van der Waals surface area contributed by atoms with Crippen LogP contribution in [0.3, 0.4) is 0 Å². The zero-order valence-electron chi connectivity index (χ0n) is 29.9. The van der Waals surface area contributed by atoms with Crippen LogP contribution < -0.4 is 10.2 Å². The molecule has 0 rings (SSSR count). The van der Waals surface area contributed by atoms with E-state index in [9.17, 15) is 19.8 Å². The van der Waals surface area contributed by atoms with Crippen LogP contribution in [0.15, 0.2) is 24.3 Å². The second kappa shape index (κ2) is 45.1. The molecule has 0 aliphatic heterocycles. The summed E-state index contributed by atoms with van der Waals surface area (Å²) in [5, 5.41) is 20.5. The SMILES string of the molecule is CCCCCCCCCC/C=C\CCCCCCCC(=O)[O-].CCCCCCCCCC/C=C\CCCCCCCC(=O)[O-].[Mn+2]. The average Bonchev–Trinajstić information content (AvgIpc) is 3.00. The van der Waals surface area contributed by atoms with E-state index in [1.165, 1.54) is 154 Å². The van der Waals surface area contributed by atoms with Crippen LogP contribution in [0.5, 0.6) is 0 Å². The molecule has 0 unspecified atom stereocenters. The van der Waals surface area contributed by atoms with Gasteiger partial charge in [0.1, 0.15) is 0 Å². The first-order valence-corrected chi connectivity index (χ1v) is 19.2. The number of unbranched alkanes of at least 4 members (excludes halogenated alkanes) is 26. The van der Waals surface area contributed by atoms with E-state index in [2.05, 4.69) is 38.2 Å². The fourth-order valence-corrected chi connectivity index (χ4v) is 5.39. The predicted molar refractivity (Wildman–Crippen MR) is 187 cm³/mol. The van der Waals surface area contributed by atoms with E-state index in [1.54, 1.807) is 0 Å². The Morgan fingerprint density at radius 1 is 0.356 bits per heavy atom. The van der Waals surface area contributed by atoms with Crippen molar-refractivity contribution in [3.8, 4) is 0 Å². The standard InChI is InChI=1S/2C20H38O2.Mn/c2*1-2-3-4-5-6-7-8-9-10-11-12-13-14-15-16-17-18-19-20(21)22;/h2*11-12H,2-10,13-19H2,1H3,(H,21,22);/q;;+2/p-2/b2*12-11-;. The van der Waals surface area contributed by atoms with Crippen LogP contribution >= 0.6 is 0 Å². The summed E-state index contributed by atoms with van der Waals surface area (Å²) in [5.74, 6) is -1.83. The number of carbonyl (C=O) groups is 2. The summed E-state index contributed by atoms with van der Waals surface area (Å²) in [5.41, 5.74) is 0. The number of rotatable bonds is 34. The minimum atomic E-state index is -0.913. The summed E-state index contributed by atoms with van der Waals surface area (Å²) in [6, 6.07) is 0. The van der Waals surface area contributed by atoms with Crippen LogP contribution in [0, 0.1) is 0 Å². The maximum absolute atomic E-state index is 10.2. The van der Waals surface area contributed by atoms with E-state index in [0.29, 0.717) is 0 Å². The van der Waals surface area contributed by atoms with E-state index >= 15 is 0 Å². The molecule has 0 heterocycles. The molecule has 0 fully saturated rings. The molecule has 0 N–H and O–H groups in total. The zero-order chi connectivity index (χ0) is 32.6. The fraction of sp³-hybridized carbons (Fsp3) is 0.850. The Labute approximate surface area is 291 Å². The third kappa shape index (κ3) is 52.7. The monoisotopic (exact) mass is 673 g/mol. The molecule has 0 aromatic rings. The molecule has 0 aliphatic rings. The molecule has 4 nitrogen and oxygen atoms in total. The molecule has 45 heavy (non-hydrogen) atoms. The number of allylic oxidation sites excluding steroid dienone is 4. The molecule has 0 bridgehead atoms. The van der Waals surface area contributed by atoms with Gasteiger partial charge in [0.25, 0.3) is 0 Å². The van der Waals surface area contributed by atoms with Gasteiger partial charge in [-0.2, -0.15) is 0 Å². The maximum Gasteiger partial charge on any atom is 2.00 e. The summed E-state index contributed by atoms with van der Waals surface area (Å²) in [4.78, 5) is 20.5. The van der Waals surface area contributed by atoms with Gasteiger partial charge in [0, 0.05) is 11.9 Å². The van der Waals surface area contributed by atoms with Crippen molar-refractivity contribution < 1.29 is 36.9 Å². The molecule has 0 aromatic carbocycles.